The summed E-state index contributed by atoms with van der Waals surface area (Å²) in [5, 5.41) is 5.94. The monoisotopic (exact) mass is 354 g/mol. The fourth-order valence-electron chi connectivity index (χ4n) is 5.07. The molecule has 0 aliphatic carbocycles. The average molecular weight is 354 g/mol. The lowest BCUT2D eigenvalue weighted by Crippen LogP contribution is -2.60. The van der Waals surface area contributed by atoms with Gasteiger partial charge in [0, 0.05) is 43.7 Å². The Morgan fingerprint density at radius 3 is 2.58 bits per heavy atom. The van der Waals surface area contributed by atoms with E-state index in [4.69, 9.17) is 0 Å². The SMILES string of the molecule is O=C1CCC(N2Cc3ccc(N4CC5(CCNCC5)C4)cc3C2)C(=O)N1. The molecule has 2 amide bonds. The zero-order valence-electron chi connectivity index (χ0n) is 15.1. The third-order valence-electron chi connectivity index (χ3n) is 6.67. The van der Waals surface area contributed by atoms with Crippen molar-refractivity contribution in [2.24, 2.45) is 5.41 Å². The van der Waals surface area contributed by atoms with Gasteiger partial charge in [-0.15, -0.1) is 0 Å². The van der Waals surface area contributed by atoms with Crippen LogP contribution in [-0.2, 0) is 22.7 Å². The molecule has 3 saturated heterocycles. The van der Waals surface area contributed by atoms with Crippen molar-refractivity contribution >= 4 is 17.5 Å². The Bertz CT molecular complexity index is 748. The number of hydrogen-bond donors (Lipinski definition) is 2. The molecule has 1 spiro atoms. The highest BCUT2D eigenvalue weighted by Gasteiger charge is 2.43. The van der Waals surface area contributed by atoms with Crippen molar-refractivity contribution in [2.45, 2.75) is 44.8 Å². The van der Waals surface area contributed by atoms with E-state index in [1.165, 1.54) is 42.7 Å². The number of rotatable bonds is 2. The maximum atomic E-state index is 12.2. The molecular formula is C20H26N4O2. The summed E-state index contributed by atoms with van der Waals surface area (Å²) >= 11 is 0. The summed E-state index contributed by atoms with van der Waals surface area (Å²) in [7, 11) is 0. The fraction of sp³-hybridized carbons (Fsp3) is 0.600. The minimum atomic E-state index is -0.175. The molecule has 4 aliphatic rings. The van der Waals surface area contributed by atoms with E-state index in [1.54, 1.807) is 0 Å². The van der Waals surface area contributed by atoms with Gasteiger partial charge in [0.05, 0.1) is 6.04 Å². The highest BCUT2D eigenvalue weighted by Crippen LogP contribution is 2.42. The number of carbonyl (C=O) groups is 2. The molecule has 5 rings (SSSR count). The molecule has 6 nitrogen and oxygen atoms in total. The van der Waals surface area contributed by atoms with E-state index in [9.17, 15) is 9.59 Å². The largest absolute Gasteiger partial charge is 0.370 e. The number of hydrogen-bond acceptors (Lipinski definition) is 5. The first-order chi connectivity index (χ1) is 12.6. The van der Waals surface area contributed by atoms with Gasteiger partial charge in [0.25, 0.3) is 0 Å². The highest BCUT2D eigenvalue weighted by molar-refractivity contribution is 6.00. The predicted octanol–water partition coefficient (Wildman–Crippen LogP) is 0.997. The first-order valence-electron chi connectivity index (χ1n) is 9.77. The van der Waals surface area contributed by atoms with E-state index in [2.05, 4.69) is 38.6 Å². The molecule has 0 saturated carbocycles. The van der Waals surface area contributed by atoms with Gasteiger partial charge in [-0.1, -0.05) is 6.07 Å². The lowest BCUT2D eigenvalue weighted by atomic mass is 9.72. The number of piperidine rings is 2. The minimum absolute atomic E-state index is 0.134. The number of nitrogens with zero attached hydrogens (tertiary/aromatic N) is 2. The Hall–Kier alpha value is -1.92. The Morgan fingerprint density at radius 2 is 1.81 bits per heavy atom. The van der Waals surface area contributed by atoms with Crippen LogP contribution in [0.25, 0.3) is 0 Å². The third-order valence-corrected chi connectivity index (χ3v) is 6.67. The van der Waals surface area contributed by atoms with Gasteiger partial charge in [0.15, 0.2) is 0 Å². The molecule has 1 aromatic rings. The van der Waals surface area contributed by atoms with Gasteiger partial charge in [-0.3, -0.25) is 19.8 Å². The second-order valence-corrected chi connectivity index (χ2v) is 8.43. The van der Waals surface area contributed by atoms with Gasteiger partial charge in [0.1, 0.15) is 0 Å². The predicted molar refractivity (Wildman–Crippen MR) is 98.6 cm³/mol. The van der Waals surface area contributed by atoms with Gasteiger partial charge in [-0.2, -0.15) is 0 Å². The summed E-state index contributed by atoms with van der Waals surface area (Å²) in [6.07, 6.45) is 3.66. The van der Waals surface area contributed by atoms with Crippen LogP contribution in [0.4, 0.5) is 5.69 Å². The second-order valence-electron chi connectivity index (χ2n) is 8.43. The Balaban J connectivity index is 1.26. The smallest absolute Gasteiger partial charge is 0.243 e. The van der Waals surface area contributed by atoms with Gasteiger partial charge in [-0.05, 0) is 55.6 Å². The van der Waals surface area contributed by atoms with Crippen LogP contribution in [0.3, 0.4) is 0 Å². The molecule has 1 aromatic carbocycles. The van der Waals surface area contributed by atoms with Crippen molar-refractivity contribution in [1.29, 1.82) is 0 Å². The summed E-state index contributed by atoms with van der Waals surface area (Å²) in [6, 6.07) is 6.60. The van der Waals surface area contributed by atoms with Crippen molar-refractivity contribution in [1.82, 2.24) is 15.5 Å². The molecule has 1 unspecified atom stereocenters. The Morgan fingerprint density at radius 1 is 1.04 bits per heavy atom. The van der Waals surface area contributed by atoms with E-state index in [1.807, 2.05) is 0 Å². The van der Waals surface area contributed by atoms with Crippen LogP contribution >= 0.6 is 0 Å². The van der Waals surface area contributed by atoms with E-state index in [0.717, 1.165) is 26.2 Å². The summed E-state index contributed by atoms with van der Waals surface area (Å²) in [4.78, 5) is 28.2. The standard InChI is InChI=1S/C20H26N4O2/c25-18-4-3-17(19(26)22-18)23-10-14-1-2-16(9-15(14)11-23)24-12-20(13-24)5-7-21-8-6-20/h1-2,9,17,21H,3-8,10-13H2,(H,22,25,26). The molecule has 2 N–H and O–H groups in total. The first-order valence-corrected chi connectivity index (χ1v) is 9.77. The molecule has 6 heteroatoms. The number of amides is 2. The molecule has 0 radical (unpaired) electrons. The van der Waals surface area contributed by atoms with Crippen LogP contribution in [0.1, 0.15) is 36.8 Å². The van der Waals surface area contributed by atoms with Gasteiger partial charge in [-0.25, -0.2) is 0 Å². The number of nitrogens with one attached hydrogen (secondary N) is 2. The topological polar surface area (TPSA) is 64.7 Å². The molecule has 0 bridgehead atoms. The second kappa shape index (κ2) is 6.06. The van der Waals surface area contributed by atoms with Crippen molar-refractivity contribution in [3.05, 3.63) is 29.3 Å². The third kappa shape index (κ3) is 2.72. The van der Waals surface area contributed by atoms with Crippen LogP contribution in [-0.4, -0.2) is 48.9 Å². The fourth-order valence-corrected chi connectivity index (χ4v) is 5.07. The van der Waals surface area contributed by atoms with Crippen LogP contribution in [0.5, 0.6) is 0 Å². The van der Waals surface area contributed by atoms with Crippen molar-refractivity contribution in [3.8, 4) is 0 Å². The van der Waals surface area contributed by atoms with E-state index < -0.39 is 0 Å². The molecule has 3 fully saturated rings. The first kappa shape index (κ1) is 16.3. The summed E-state index contributed by atoms with van der Waals surface area (Å²) in [5.74, 6) is -0.278. The summed E-state index contributed by atoms with van der Waals surface area (Å²) < 4.78 is 0. The molecule has 4 heterocycles. The highest BCUT2D eigenvalue weighted by atomic mass is 16.2. The van der Waals surface area contributed by atoms with Crippen LogP contribution in [0.15, 0.2) is 18.2 Å². The Labute approximate surface area is 153 Å². The molecular weight excluding hydrogens is 328 g/mol. The maximum Gasteiger partial charge on any atom is 0.243 e. The molecule has 138 valence electrons. The van der Waals surface area contributed by atoms with Crippen LogP contribution < -0.4 is 15.5 Å². The van der Waals surface area contributed by atoms with E-state index >= 15 is 0 Å². The lowest BCUT2D eigenvalue weighted by Gasteiger charge is -2.53. The van der Waals surface area contributed by atoms with E-state index in [0.29, 0.717) is 18.3 Å². The van der Waals surface area contributed by atoms with Gasteiger partial charge in [0.2, 0.25) is 11.8 Å². The number of carbonyl (C=O) groups excluding carboxylic acids is 2. The summed E-state index contributed by atoms with van der Waals surface area (Å²) in [5.41, 5.74) is 4.50. The molecule has 1 atom stereocenters. The quantitative estimate of drug-likeness (QED) is 0.776. The summed E-state index contributed by atoms with van der Waals surface area (Å²) in [6.45, 7) is 6.25. The zero-order chi connectivity index (χ0) is 17.7. The normalized spacial score (nSPS) is 28.0. The Kier molecular flexibility index (Phi) is 3.79. The number of fused-ring (bicyclic) bond motifs is 1. The molecule has 0 aromatic heterocycles. The van der Waals surface area contributed by atoms with Crippen molar-refractivity contribution in [3.63, 3.8) is 0 Å². The van der Waals surface area contributed by atoms with Crippen molar-refractivity contribution in [2.75, 3.05) is 31.1 Å². The van der Waals surface area contributed by atoms with Gasteiger partial charge >= 0.3 is 0 Å². The average Bonchev–Trinajstić information content (AvgIpc) is 3.03. The van der Waals surface area contributed by atoms with Crippen LogP contribution in [0, 0.1) is 5.41 Å². The maximum absolute atomic E-state index is 12.2. The zero-order valence-corrected chi connectivity index (χ0v) is 15.1. The van der Waals surface area contributed by atoms with Gasteiger partial charge < -0.3 is 10.2 Å². The van der Waals surface area contributed by atoms with Crippen molar-refractivity contribution < 1.29 is 9.59 Å². The van der Waals surface area contributed by atoms with Crippen LogP contribution in [0.2, 0.25) is 0 Å². The molecule has 4 aliphatic heterocycles. The minimum Gasteiger partial charge on any atom is -0.370 e. The number of anilines is 1. The lowest BCUT2D eigenvalue weighted by molar-refractivity contribution is -0.137. The number of imide groups is 1. The van der Waals surface area contributed by atoms with E-state index in [-0.39, 0.29) is 17.9 Å². The molecule has 26 heavy (non-hydrogen) atoms. The number of benzene rings is 1.